The molecule has 21 heavy (non-hydrogen) atoms. The Hall–Kier alpha value is -2.37. The number of aromatic nitrogens is 3. The number of nitrogens with zero attached hydrogens (tertiary/aromatic N) is 3. The molecule has 1 aliphatic rings. The molecular weight excluding hydrogens is 266 g/mol. The minimum absolute atomic E-state index is 0.0238. The smallest absolute Gasteiger partial charge is 0.252 e. The van der Waals surface area contributed by atoms with Gasteiger partial charge in [-0.25, -0.2) is 9.97 Å². The first-order valence-corrected chi connectivity index (χ1v) is 7.26. The van der Waals surface area contributed by atoms with Gasteiger partial charge in [-0.15, -0.1) is 0 Å². The summed E-state index contributed by atoms with van der Waals surface area (Å²) in [4.78, 5) is 25.6. The lowest BCUT2D eigenvalue weighted by molar-refractivity contribution is 0.0946. The van der Waals surface area contributed by atoms with Gasteiger partial charge in [-0.2, -0.15) is 0 Å². The zero-order valence-electron chi connectivity index (χ0n) is 11.8. The van der Waals surface area contributed by atoms with Gasteiger partial charge in [0.25, 0.3) is 5.91 Å². The molecule has 0 aliphatic carbocycles. The highest BCUT2D eigenvalue weighted by molar-refractivity contribution is 5.93. The maximum atomic E-state index is 11.9. The van der Waals surface area contributed by atoms with Crippen LogP contribution in [0, 0.1) is 5.92 Å². The molecule has 6 heteroatoms. The molecule has 2 aromatic rings. The number of amides is 1. The number of hydrogen-bond donors (Lipinski definition) is 2. The van der Waals surface area contributed by atoms with Gasteiger partial charge >= 0.3 is 0 Å². The van der Waals surface area contributed by atoms with E-state index >= 15 is 0 Å². The van der Waals surface area contributed by atoms with E-state index in [2.05, 4.69) is 25.2 Å². The molecule has 1 fully saturated rings. The van der Waals surface area contributed by atoms with Gasteiger partial charge in [-0.05, 0) is 30.9 Å². The fraction of sp³-hybridized carbons (Fsp3) is 0.400. The second kappa shape index (κ2) is 6.39. The number of rotatable bonds is 4. The van der Waals surface area contributed by atoms with Gasteiger partial charge in [0.05, 0.1) is 5.56 Å². The van der Waals surface area contributed by atoms with Crippen molar-refractivity contribution in [3.63, 3.8) is 0 Å². The van der Waals surface area contributed by atoms with Crippen LogP contribution in [0.1, 0.15) is 23.2 Å². The number of carbonyl (C=O) groups excluding carboxylic acids is 1. The molecule has 2 N–H and O–H groups in total. The van der Waals surface area contributed by atoms with E-state index in [0.717, 1.165) is 31.9 Å². The normalized spacial score (nSPS) is 18.5. The average Bonchev–Trinajstić information content (AvgIpc) is 3.08. The van der Waals surface area contributed by atoms with Crippen molar-refractivity contribution < 1.29 is 4.79 Å². The second-order valence-corrected chi connectivity index (χ2v) is 5.31. The first-order valence-electron chi connectivity index (χ1n) is 7.26. The van der Waals surface area contributed by atoms with Gasteiger partial charge in [0.2, 0.25) is 5.95 Å². The molecule has 0 bridgehead atoms. The van der Waals surface area contributed by atoms with Crippen molar-refractivity contribution in [2.75, 3.05) is 24.5 Å². The molecule has 6 nitrogen and oxygen atoms in total. The van der Waals surface area contributed by atoms with Crippen molar-refractivity contribution in [1.82, 2.24) is 20.3 Å². The minimum Gasteiger partial charge on any atom is -0.367 e. The zero-order valence-corrected chi connectivity index (χ0v) is 11.8. The minimum atomic E-state index is -0.0238. The van der Waals surface area contributed by atoms with E-state index in [1.807, 2.05) is 6.07 Å². The first-order chi connectivity index (χ1) is 10.3. The van der Waals surface area contributed by atoms with Crippen molar-refractivity contribution in [2.24, 2.45) is 5.92 Å². The van der Waals surface area contributed by atoms with Crippen LogP contribution < -0.4 is 10.2 Å². The van der Waals surface area contributed by atoms with Gasteiger partial charge in [0.1, 0.15) is 0 Å². The van der Waals surface area contributed by atoms with Crippen molar-refractivity contribution in [3.05, 3.63) is 42.5 Å². The van der Waals surface area contributed by atoms with E-state index in [4.69, 9.17) is 0 Å². The fourth-order valence-corrected chi connectivity index (χ4v) is 2.67. The molecule has 0 aromatic carbocycles. The lowest BCUT2D eigenvalue weighted by atomic mass is 9.98. The average molecular weight is 285 g/mol. The third-order valence-corrected chi connectivity index (χ3v) is 3.77. The molecule has 0 spiro atoms. The van der Waals surface area contributed by atoms with Crippen molar-refractivity contribution in [2.45, 2.75) is 12.8 Å². The lowest BCUT2D eigenvalue weighted by Crippen LogP contribution is -2.41. The Morgan fingerprint density at radius 2 is 2.29 bits per heavy atom. The largest absolute Gasteiger partial charge is 0.367 e. The highest BCUT2D eigenvalue weighted by atomic mass is 16.1. The van der Waals surface area contributed by atoms with Crippen molar-refractivity contribution in [1.29, 1.82) is 0 Å². The van der Waals surface area contributed by atoms with Crippen LogP contribution in [0.25, 0.3) is 0 Å². The predicted molar refractivity (Wildman–Crippen MR) is 80.1 cm³/mol. The van der Waals surface area contributed by atoms with E-state index < -0.39 is 0 Å². The third-order valence-electron chi connectivity index (χ3n) is 3.77. The van der Waals surface area contributed by atoms with E-state index in [1.54, 1.807) is 30.9 Å². The fourth-order valence-electron chi connectivity index (χ4n) is 2.67. The number of anilines is 1. The van der Waals surface area contributed by atoms with Crippen LogP contribution in [0.2, 0.25) is 0 Å². The van der Waals surface area contributed by atoms with Crippen LogP contribution in [0.5, 0.6) is 0 Å². The molecule has 110 valence electrons. The summed E-state index contributed by atoms with van der Waals surface area (Å²) < 4.78 is 0. The topological polar surface area (TPSA) is 73.9 Å². The summed E-state index contributed by atoms with van der Waals surface area (Å²) in [6, 6.07) is 3.60. The third kappa shape index (κ3) is 3.39. The summed E-state index contributed by atoms with van der Waals surface area (Å²) in [5.74, 6) is 1.19. The highest BCUT2D eigenvalue weighted by Crippen LogP contribution is 2.19. The van der Waals surface area contributed by atoms with Gasteiger partial charge in [0.15, 0.2) is 0 Å². The number of carbonyl (C=O) groups is 1. The summed E-state index contributed by atoms with van der Waals surface area (Å²) in [5.41, 5.74) is 0.675. The van der Waals surface area contributed by atoms with Crippen LogP contribution in [0.15, 0.2) is 36.9 Å². The van der Waals surface area contributed by atoms with Gasteiger partial charge in [-0.1, -0.05) is 0 Å². The molecule has 1 atom stereocenters. The summed E-state index contributed by atoms with van der Waals surface area (Å²) >= 11 is 0. The molecule has 3 heterocycles. The molecule has 0 radical (unpaired) electrons. The van der Waals surface area contributed by atoms with E-state index in [-0.39, 0.29) is 5.91 Å². The summed E-state index contributed by atoms with van der Waals surface area (Å²) in [7, 11) is 0. The molecular formula is C15H19N5O. The zero-order chi connectivity index (χ0) is 14.5. The quantitative estimate of drug-likeness (QED) is 0.891. The summed E-state index contributed by atoms with van der Waals surface area (Å²) in [6.07, 6.45) is 9.21. The Morgan fingerprint density at radius 3 is 3.05 bits per heavy atom. The van der Waals surface area contributed by atoms with E-state index in [1.165, 1.54) is 0 Å². The standard InChI is InChI=1S/C15H19N5O/c21-14(13-4-7-16-10-13)19-9-12-3-1-8-20(11-12)15-17-5-2-6-18-15/h2,4-7,10,12,16H,1,3,8-9,11H2,(H,19,21)/t12-/m1/s1. The maximum Gasteiger partial charge on any atom is 0.252 e. The Kier molecular flexibility index (Phi) is 4.14. The van der Waals surface area contributed by atoms with E-state index in [0.29, 0.717) is 18.0 Å². The Bertz CT molecular complexity index is 569. The Morgan fingerprint density at radius 1 is 1.43 bits per heavy atom. The van der Waals surface area contributed by atoms with Crippen LogP contribution in [-0.2, 0) is 0 Å². The number of hydrogen-bond acceptors (Lipinski definition) is 4. The van der Waals surface area contributed by atoms with Crippen LogP contribution in [-0.4, -0.2) is 40.5 Å². The van der Waals surface area contributed by atoms with Crippen molar-refractivity contribution >= 4 is 11.9 Å². The predicted octanol–water partition coefficient (Wildman–Crippen LogP) is 1.45. The SMILES string of the molecule is O=C(NC[C@H]1CCCN(c2ncccn2)C1)c1cc[nH]c1. The maximum absolute atomic E-state index is 11.9. The lowest BCUT2D eigenvalue weighted by Gasteiger charge is -2.32. The van der Waals surface area contributed by atoms with Crippen LogP contribution in [0.4, 0.5) is 5.95 Å². The molecule has 3 rings (SSSR count). The molecule has 1 saturated heterocycles. The first kappa shape index (κ1) is 13.6. The molecule has 1 aliphatic heterocycles. The van der Waals surface area contributed by atoms with Gasteiger partial charge in [-0.3, -0.25) is 4.79 Å². The van der Waals surface area contributed by atoms with Crippen LogP contribution in [0.3, 0.4) is 0 Å². The number of nitrogens with one attached hydrogen (secondary N) is 2. The van der Waals surface area contributed by atoms with Gasteiger partial charge in [0, 0.05) is 44.4 Å². The van der Waals surface area contributed by atoms with Crippen molar-refractivity contribution in [3.8, 4) is 0 Å². The molecule has 0 unspecified atom stereocenters. The Labute approximate surface area is 123 Å². The van der Waals surface area contributed by atoms with E-state index in [9.17, 15) is 4.79 Å². The highest BCUT2D eigenvalue weighted by Gasteiger charge is 2.22. The number of aromatic amines is 1. The Balaban J connectivity index is 1.53. The summed E-state index contributed by atoms with van der Waals surface area (Å²) in [5, 5.41) is 3.00. The monoisotopic (exact) mass is 285 g/mol. The number of H-pyrrole nitrogens is 1. The molecule has 0 saturated carbocycles. The molecule has 2 aromatic heterocycles. The molecule has 1 amide bonds. The summed E-state index contributed by atoms with van der Waals surface area (Å²) in [6.45, 7) is 2.55. The second-order valence-electron chi connectivity index (χ2n) is 5.31. The van der Waals surface area contributed by atoms with Crippen LogP contribution >= 0.6 is 0 Å². The van der Waals surface area contributed by atoms with Gasteiger partial charge < -0.3 is 15.2 Å². The number of piperidine rings is 1.